The maximum absolute atomic E-state index is 9.98. The van der Waals surface area contributed by atoms with Crippen LogP contribution in [-0.2, 0) is 4.79 Å². The van der Waals surface area contributed by atoms with Crippen molar-refractivity contribution in [3.63, 3.8) is 0 Å². The first-order chi connectivity index (χ1) is 6.33. The smallest absolute Gasteiger partial charge is 0.139 e. The Bertz CT molecular complexity index is 228. The predicted molar refractivity (Wildman–Crippen MR) is 57.1 cm³/mol. The SMILES string of the molecule is CC.Cc1ccc(NCC=O)cc1. The zero-order valence-corrected chi connectivity index (χ0v) is 8.50. The molecular formula is C11H17NO. The topological polar surface area (TPSA) is 29.1 Å². The summed E-state index contributed by atoms with van der Waals surface area (Å²) in [5.74, 6) is 0. The molecule has 0 amide bonds. The molecule has 0 aliphatic carbocycles. The molecule has 0 aliphatic rings. The zero-order chi connectivity index (χ0) is 10.1. The minimum absolute atomic E-state index is 0.378. The molecule has 1 aromatic rings. The number of nitrogens with one attached hydrogen (secondary N) is 1. The molecule has 2 nitrogen and oxygen atoms in total. The van der Waals surface area contributed by atoms with E-state index in [1.807, 2.05) is 45.0 Å². The van der Waals surface area contributed by atoms with Crippen molar-refractivity contribution in [1.82, 2.24) is 0 Å². The van der Waals surface area contributed by atoms with Crippen molar-refractivity contribution < 1.29 is 4.79 Å². The van der Waals surface area contributed by atoms with Gasteiger partial charge in [-0.2, -0.15) is 0 Å². The van der Waals surface area contributed by atoms with Crippen molar-refractivity contribution in [3.05, 3.63) is 29.8 Å². The number of carbonyl (C=O) groups is 1. The first-order valence-corrected chi connectivity index (χ1v) is 4.57. The Balaban J connectivity index is 0.000000671. The fourth-order valence-electron chi connectivity index (χ4n) is 0.831. The van der Waals surface area contributed by atoms with E-state index in [0.29, 0.717) is 6.54 Å². The lowest BCUT2D eigenvalue weighted by atomic mass is 10.2. The molecule has 2 heteroatoms. The number of hydrogen-bond acceptors (Lipinski definition) is 2. The molecule has 0 unspecified atom stereocenters. The molecule has 0 aromatic heterocycles. The van der Waals surface area contributed by atoms with E-state index in [0.717, 1.165) is 12.0 Å². The summed E-state index contributed by atoms with van der Waals surface area (Å²) in [6.07, 6.45) is 0.847. The maximum atomic E-state index is 9.98. The van der Waals surface area contributed by atoms with E-state index in [4.69, 9.17) is 0 Å². The fraction of sp³-hybridized carbons (Fsp3) is 0.364. The van der Waals surface area contributed by atoms with Gasteiger partial charge in [0.15, 0.2) is 0 Å². The average Bonchev–Trinajstić information content (AvgIpc) is 2.20. The Morgan fingerprint density at radius 2 is 1.77 bits per heavy atom. The van der Waals surface area contributed by atoms with Gasteiger partial charge in [-0.05, 0) is 19.1 Å². The lowest BCUT2D eigenvalue weighted by molar-refractivity contribution is -0.106. The van der Waals surface area contributed by atoms with Gasteiger partial charge in [0, 0.05) is 5.69 Å². The Labute approximate surface area is 80.0 Å². The summed E-state index contributed by atoms with van der Waals surface area (Å²) >= 11 is 0. The van der Waals surface area contributed by atoms with Crippen molar-refractivity contribution in [2.45, 2.75) is 20.8 Å². The molecular weight excluding hydrogens is 162 g/mol. The molecule has 0 fully saturated rings. The first-order valence-electron chi connectivity index (χ1n) is 4.57. The lowest BCUT2D eigenvalue weighted by Crippen LogP contribution is -2.01. The van der Waals surface area contributed by atoms with Gasteiger partial charge in [-0.1, -0.05) is 31.5 Å². The molecule has 13 heavy (non-hydrogen) atoms. The minimum atomic E-state index is 0.378. The molecule has 0 bridgehead atoms. The van der Waals surface area contributed by atoms with Crippen molar-refractivity contribution in [2.75, 3.05) is 11.9 Å². The van der Waals surface area contributed by atoms with Crippen LogP contribution in [0.5, 0.6) is 0 Å². The zero-order valence-electron chi connectivity index (χ0n) is 8.50. The number of anilines is 1. The normalized spacial score (nSPS) is 8.23. The van der Waals surface area contributed by atoms with Gasteiger partial charge in [-0.25, -0.2) is 0 Å². The number of carbonyl (C=O) groups excluding carboxylic acids is 1. The summed E-state index contributed by atoms with van der Waals surface area (Å²) in [5, 5.41) is 2.95. The Hall–Kier alpha value is -1.31. The van der Waals surface area contributed by atoms with Crippen LogP contribution in [0.15, 0.2) is 24.3 Å². The van der Waals surface area contributed by atoms with Crippen LogP contribution in [0.3, 0.4) is 0 Å². The van der Waals surface area contributed by atoms with Crippen LogP contribution in [0.2, 0.25) is 0 Å². The highest BCUT2D eigenvalue weighted by Gasteiger charge is 1.87. The molecule has 0 heterocycles. The third kappa shape index (κ3) is 5.01. The molecule has 1 aromatic carbocycles. The second-order valence-electron chi connectivity index (χ2n) is 2.41. The van der Waals surface area contributed by atoms with Crippen LogP contribution >= 0.6 is 0 Å². The molecule has 0 saturated carbocycles. The van der Waals surface area contributed by atoms with Gasteiger partial charge >= 0.3 is 0 Å². The second kappa shape index (κ2) is 7.35. The van der Waals surface area contributed by atoms with Crippen LogP contribution in [0.4, 0.5) is 5.69 Å². The van der Waals surface area contributed by atoms with E-state index in [1.165, 1.54) is 5.56 Å². The Morgan fingerprint density at radius 1 is 1.23 bits per heavy atom. The highest BCUT2D eigenvalue weighted by molar-refractivity contribution is 5.59. The summed E-state index contributed by atoms with van der Waals surface area (Å²) in [6, 6.07) is 7.93. The van der Waals surface area contributed by atoms with Crippen LogP contribution in [0, 0.1) is 6.92 Å². The summed E-state index contributed by atoms with van der Waals surface area (Å²) in [7, 11) is 0. The van der Waals surface area contributed by atoms with Gasteiger partial charge in [-0.15, -0.1) is 0 Å². The summed E-state index contributed by atoms with van der Waals surface area (Å²) in [5.41, 5.74) is 2.21. The second-order valence-corrected chi connectivity index (χ2v) is 2.41. The van der Waals surface area contributed by atoms with E-state index in [2.05, 4.69) is 5.32 Å². The standard InChI is InChI=1S/C9H11NO.C2H6/c1-8-2-4-9(5-3-8)10-6-7-11;1-2/h2-5,7,10H,6H2,1H3;1-2H3. The summed E-state index contributed by atoms with van der Waals surface area (Å²) in [6.45, 7) is 6.41. The van der Waals surface area contributed by atoms with E-state index in [1.54, 1.807) is 0 Å². The minimum Gasteiger partial charge on any atom is -0.378 e. The quantitative estimate of drug-likeness (QED) is 0.723. The molecule has 0 saturated heterocycles. The van der Waals surface area contributed by atoms with Gasteiger partial charge in [0.05, 0.1) is 6.54 Å². The molecule has 1 rings (SSSR count). The van der Waals surface area contributed by atoms with E-state index >= 15 is 0 Å². The molecule has 0 radical (unpaired) electrons. The maximum Gasteiger partial charge on any atom is 0.139 e. The Kier molecular flexibility index (Phi) is 6.60. The lowest BCUT2D eigenvalue weighted by Gasteiger charge is -2.00. The molecule has 0 aliphatic heterocycles. The van der Waals surface area contributed by atoms with Crippen molar-refractivity contribution in [3.8, 4) is 0 Å². The third-order valence-electron chi connectivity index (χ3n) is 1.44. The number of benzene rings is 1. The number of hydrogen-bond donors (Lipinski definition) is 1. The molecule has 0 spiro atoms. The van der Waals surface area contributed by atoms with Crippen LogP contribution in [-0.4, -0.2) is 12.8 Å². The molecule has 72 valence electrons. The summed E-state index contributed by atoms with van der Waals surface area (Å²) in [4.78, 5) is 9.98. The van der Waals surface area contributed by atoms with Crippen LogP contribution < -0.4 is 5.32 Å². The van der Waals surface area contributed by atoms with Crippen LogP contribution in [0.25, 0.3) is 0 Å². The monoisotopic (exact) mass is 179 g/mol. The largest absolute Gasteiger partial charge is 0.378 e. The van der Waals surface area contributed by atoms with E-state index in [-0.39, 0.29) is 0 Å². The van der Waals surface area contributed by atoms with Crippen molar-refractivity contribution >= 4 is 12.0 Å². The highest BCUT2D eigenvalue weighted by Crippen LogP contribution is 2.07. The number of aryl methyl sites for hydroxylation is 1. The van der Waals surface area contributed by atoms with Crippen molar-refractivity contribution in [1.29, 1.82) is 0 Å². The van der Waals surface area contributed by atoms with E-state index in [9.17, 15) is 4.79 Å². The number of aldehydes is 1. The van der Waals surface area contributed by atoms with Gasteiger partial charge in [-0.3, -0.25) is 0 Å². The highest BCUT2D eigenvalue weighted by atomic mass is 16.1. The predicted octanol–water partition coefficient (Wildman–Crippen LogP) is 2.63. The van der Waals surface area contributed by atoms with Gasteiger partial charge in [0.2, 0.25) is 0 Å². The van der Waals surface area contributed by atoms with Crippen molar-refractivity contribution in [2.24, 2.45) is 0 Å². The third-order valence-corrected chi connectivity index (χ3v) is 1.44. The van der Waals surface area contributed by atoms with Crippen LogP contribution in [0.1, 0.15) is 19.4 Å². The first kappa shape index (κ1) is 11.7. The fourth-order valence-corrected chi connectivity index (χ4v) is 0.831. The average molecular weight is 179 g/mol. The molecule has 1 N–H and O–H groups in total. The number of rotatable bonds is 3. The Morgan fingerprint density at radius 3 is 2.23 bits per heavy atom. The molecule has 0 atom stereocenters. The summed E-state index contributed by atoms with van der Waals surface area (Å²) < 4.78 is 0. The van der Waals surface area contributed by atoms with Gasteiger partial charge in [0.1, 0.15) is 6.29 Å². The van der Waals surface area contributed by atoms with Gasteiger partial charge < -0.3 is 10.1 Å². The van der Waals surface area contributed by atoms with Gasteiger partial charge in [0.25, 0.3) is 0 Å². The van der Waals surface area contributed by atoms with E-state index < -0.39 is 0 Å².